The van der Waals surface area contributed by atoms with E-state index in [2.05, 4.69) is 37.2 Å². The first-order valence-electron chi connectivity index (χ1n) is 11.5. The van der Waals surface area contributed by atoms with Crippen molar-refractivity contribution in [1.82, 2.24) is 4.90 Å². The average molecular weight is 414 g/mol. The van der Waals surface area contributed by atoms with Gasteiger partial charge in [0, 0.05) is 22.9 Å². The highest BCUT2D eigenvalue weighted by atomic mass is 16.5. The van der Waals surface area contributed by atoms with E-state index in [4.69, 9.17) is 14.2 Å². The topological polar surface area (TPSA) is 51.2 Å². The summed E-state index contributed by atoms with van der Waals surface area (Å²) in [7, 11) is 4.52. The highest BCUT2D eigenvalue weighted by molar-refractivity contribution is 5.62. The first-order chi connectivity index (χ1) is 14.5. The highest BCUT2D eigenvalue weighted by Gasteiger charge is 2.64. The standard InChI is InChI=1S/C24H33N2O4/c1-25-8-7-24-17-4-5-19(27)23(24)30-22-20(6-3-16(21(22)24)15-18(17)25)29-14-11-26(2)9-12-28-13-10-26/h3-6,17-19,23,27H,7-15H2,1-2H3/q+1/t17-,18+,19-,23-,24-/m0/s1. The SMILES string of the molecule is CN1CC[C@]23c4c5ccc(OCC[N+]6(C)CCOCC6)c4O[C@H]2[C@@H](O)C=C[C@H]3[C@H]1C5. The second-order valence-corrected chi connectivity index (χ2v) is 10.2. The Bertz CT molecular complexity index is 880. The van der Waals surface area contributed by atoms with Gasteiger partial charge in [0.15, 0.2) is 11.5 Å². The fourth-order valence-electron chi connectivity index (χ4n) is 6.72. The van der Waals surface area contributed by atoms with E-state index in [9.17, 15) is 5.11 Å². The molecule has 2 fully saturated rings. The van der Waals surface area contributed by atoms with Crippen LogP contribution in [0.15, 0.2) is 24.3 Å². The second-order valence-electron chi connectivity index (χ2n) is 10.2. The minimum Gasteiger partial charge on any atom is -0.484 e. The Hall–Kier alpha value is -1.60. The van der Waals surface area contributed by atoms with E-state index < -0.39 is 6.10 Å². The van der Waals surface area contributed by atoms with E-state index in [1.165, 1.54) is 11.1 Å². The normalized spacial score (nSPS) is 38.1. The van der Waals surface area contributed by atoms with Gasteiger partial charge in [0.2, 0.25) is 0 Å². The number of piperidine rings is 1. The molecule has 6 rings (SSSR count). The van der Waals surface area contributed by atoms with Crippen LogP contribution in [0, 0.1) is 5.92 Å². The van der Waals surface area contributed by atoms with Crippen molar-refractivity contribution in [1.29, 1.82) is 0 Å². The Balaban J connectivity index is 1.33. The van der Waals surface area contributed by atoms with Crippen molar-refractivity contribution in [2.45, 2.75) is 36.5 Å². The lowest BCUT2D eigenvalue weighted by molar-refractivity contribution is -0.916. The molecule has 0 unspecified atom stereocenters. The Labute approximate surface area is 178 Å². The van der Waals surface area contributed by atoms with Crippen molar-refractivity contribution in [3.8, 4) is 11.5 Å². The number of hydrogen-bond donors (Lipinski definition) is 1. The summed E-state index contributed by atoms with van der Waals surface area (Å²) in [6.45, 7) is 6.41. The summed E-state index contributed by atoms with van der Waals surface area (Å²) < 4.78 is 19.4. The van der Waals surface area contributed by atoms with Gasteiger partial charge in [-0.05, 0) is 38.1 Å². The maximum atomic E-state index is 10.8. The zero-order valence-corrected chi connectivity index (χ0v) is 18.0. The molecule has 0 radical (unpaired) electrons. The molecule has 3 heterocycles. The smallest absolute Gasteiger partial charge is 0.166 e. The van der Waals surface area contributed by atoms with Gasteiger partial charge in [-0.25, -0.2) is 0 Å². The lowest BCUT2D eigenvalue weighted by Gasteiger charge is -2.56. The number of likely N-dealkylation sites (tertiary alicyclic amines) is 1. The van der Waals surface area contributed by atoms with Gasteiger partial charge in [0.1, 0.15) is 38.4 Å². The van der Waals surface area contributed by atoms with Crippen molar-refractivity contribution in [2.24, 2.45) is 5.92 Å². The van der Waals surface area contributed by atoms with Crippen LogP contribution in [0.2, 0.25) is 0 Å². The van der Waals surface area contributed by atoms with Crippen LogP contribution < -0.4 is 9.47 Å². The molecule has 0 saturated carbocycles. The molecule has 5 aliphatic rings. The molecule has 2 aliphatic carbocycles. The molecule has 2 bridgehead atoms. The number of ether oxygens (including phenoxy) is 3. The fourth-order valence-corrected chi connectivity index (χ4v) is 6.72. The van der Waals surface area contributed by atoms with Crippen molar-refractivity contribution < 1.29 is 23.8 Å². The molecule has 162 valence electrons. The quantitative estimate of drug-likeness (QED) is 0.597. The summed E-state index contributed by atoms with van der Waals surface area (Å²) in [4.78, 5) is 2.49. The zero-order chi connectivity index (χ0) is 20.5. The molecule has 0 aromatic heterocycles. The van der Waals surface area contributed by atoms with Crippen LogP contribution in [0.1, 0.15) is 17.5 Å². The molecule has 1 spiro atoms. The van der Waals surface area contributed by atoms with Gasteiger partial charge in [0.05, 0.1) is 20.3 Å². The van der Waals surface area contributed by atoms with Gasteiger partial charge in [-0.2, -0.15) is 0 Å². The molecule has 1 aromatic carbocycles. The number of rotatable bonds is 4. The predicted molar refractivity (Wildman–Crippen MR) is 113 cm³/mol. The van der Waals surface area contributed by atoms with Crippen LogP contribution in [-0.2, 0) is 16.6 Å². The summed E-state index contributed by atoms with van der Waals surface area (Å²) >= 11 is 0. The molecular formula is C24H33N2O4+. The summed E-state index contributed by atoms with van der Waals surface area (Å²) in [6, 6.07) is 4.82. The zero-order valence-electron chi connectivity index (χ0n) is 18.0. The molecule has 0 amide bonds. The number of morpholine rings is 1. The van der Waals surface area contributed by atoms with Crippen LogP contribution >= 0.6 is 0 Å². The maximum Gasteiger partial charge on any atom is 0.166 e. The fraction of sp³-hybridized carbons (Fsp3) is 0.667. The molecule has 3 aliphatic heterocycles. The average Bonchev–Trinajstić information content (AvgIpc) is 3.09. The number of likely N-dealkylation sites (N-methyl/N-ethyl adjacent to an activating group) is 2. The first-order valence-corrected chi connectivity index (χ1v) is 11.5. The van der Waals surface area contributed by atoms with Crippen molar-refractivity contribution in [2.75, 3.05) is 60.1 Å². The van der Waals surface area contributed by atoms with Crippen LogP contribution in [0.3, 0.4) is 0 Å². The summed E-state index contributed by atoms with van der Waals surface area (Å²) in [6.07, 6.45) is 5.52. The van der Waals surface area contributed by atoms with Gasteiger partial charge in [-0.3, -0.25) is 0 Å². The second kappa shape index (κ2) is 6.70. The Morgan fingerprint density at radius 2 is 2.10 bits per heavy atom. The third-order valence-corrected chi connectivity index (χ3v) is 8.57. The summed E-state index contributed by atoms with van der Waals surface area (Å²) in [5.41, 5.74) is 2.59. The summed E-state index contributed by atoms with van der Waals surface area (Å²) in [5.74, 6) is 2.14. The lowest BCUT2D eigenvalue weighted by atomic mass is 9.53. The van der Waals surface area contributed by atoms with Crippen molar-refractivity contribution in [3.05, 3.63) is 35.4 Å². The van der Waals surface area contributed by atoms with Crippen LogP contribution in [-0.4, -0.2) is 92.8 Å². The minimum atomic E-state index is -0.561. The van der Waals surface area contributed by atoms with E-state index in [1.807, 2.05) is 6.08 Å². The molecule has 2 saturated heterocycles. The summed E-state index contributed by atoms with van der Waals surface area (Å²) in [5, 5.41) is 10.8. The van der Waals surface area contributed by atoms with Gasteiger partial charge in [-0.1, -0.05) is 18.2 Å². The Morgan fingerprint density at radius 3 is 2.93 bits per heavy atom. The molecular weight excluding hydrogens is 380 g/mol. The number of quaternary nitrogens is 1. The molecule has 1 N–H and O–H groups in total. The van der Waals surface area contributed by atoms with Crippen LogP contribution in [0.5, 0.6) is 11.5 Å². The minimum absolute atomic E-state index is 0.115. The van der Waals surface area contributed by atoms with Crippen molar-refractivity contribution in [3.63, 3.8) is 0 Å². The largest absolute Gasteiger partial charge is 0.484 e. The van der Waals surface area contributed by atoms with Crippen molar-refractivity contribution >= 4 is 0 Å². The van der Waals surface area contributed by atoms with Gasteiger partial charge >= 0.3 is 0 Å². The van der Waals surface area contributed by atoms with E-state index in [-0.39, 0.29) is 11.5 Å². The number of benzene rings is 1. The third kappa shape index (κ3) is 2.57. The van der Waals surface area contributed by atoms with E-state index >= 15 is 0 Å². The number of aliphatic hydroxyl groups is 1. The van der Waals surface area contributed by atoms with Gasteiger partial charge in [-0.15, -0.1) is 0 Å². The Kier molecular flexibility index (Phi) is 4.27. The van der Waals surface area contributed by atoms with Gasteiger partial charge in [0.25, 0.3) is 0 Å². The Morgan fingerprint density at radius 1 is 1.27 bits per heavy atom. The van der Waals surface area contributed by atoms with Gasteiger partial charge < -0.3 is 28.7 Å². The molecule has 30 heavy (non-hydrogen) atoms. The highest BCUT2D eigenvalue weighted by Crippen LogP contribution is 2.62. The van der Waals surface area contributed by atoms with E-state index in [0.29, 0.717) is 18.6 Å². The molecule has 5 atom stereocenters. The van der Waals surface area contributed by atoms with Crippen LogP contribution in [0.4, 0.5) is 0 Å². The molecule has 6 heteroatoms. The maximum absolute atomic E-state index is 10.8. The third-order valence-electron chi connectivity index (χ3n) is 8.57. The monoisotopic (exact) mass is 413 g/mol. The number of nitrogens with zero attached hydrogens (tertiary/aromatic N) is 2. The first kappa shape index (κ1) is 19.1. The number of hydrogen-bond acceptors (Lipinski definition) is 5. The molecule has 6 nitrogen and oxygen atoms in total. The van der Waals surface area contributed by atoms with E-state index in [0.717, 1.165) is 68.2 Å². The van der Waals surface area contributed by atoms with Crippen LogP contribution in [0.25, 0.3) is 0 Å². The molecule has 1 aromatic rings. The number of aliphatic hydroxyl groups excluding tert-OH is 1. The van der Waals surface area contributed by atoms with E-state index in [1.54, 1.807) is 0 Å². The lowest BCUT2D eigenvalue weighted by Crippen LogP contribution is -2.64. The predicted octanol–water partition coefficient (Wildman–Crippen LogP) is 1.35.